The van der Waals surface area contributed by atoms with Crippen LogP contribution in [0, 0.1) is 0 Å². The average Bonchev–Trinajstić information content (AvgIpc) is 2.05. The second kappa shape index (κ2) is 3.80. The minimum atomic E-state index is -4.51. The van der Waals surface area contributed by atoms with Gasteiger partial charge in [0, 0.05) is 11.7 Å². The van der Waals surface area contributed by atoms with Crippen LogP contribution in [0.3, 0.4) is 0 Å². The topological polar surface area (TPSA) is 22.0 Å². The summed E-state index contributed by atoms with van der Waals surface area (Å²) >= 11 is 5.50. The molecule has 0 fully saturated rings. The summed E-state index contributed by atoms with van der Waals surface area (Å²) in [6.45, 7) is 4.89. The largest absolute Gasteiger partial charge is 0.417 e. The molecule has 0 aliphatic carbocycles. The van der Waals surface area contributed by atoms with E-state index in [0.717, 1.165) is 10.8 Å². The van der Waals surface area contributed by atoms with Gasteiger partial charge in [0.25, 0.3) is 5.56 Å². The van der Waals surface area contributed by atoms with Gasteiger partial charge in [-0.2, -0.15) is 13.2 Å². The van der Waals surface area contributed by atoms with E-state index in [1.54, 1.807) is 20.8 Å². The molecular weight excluding hydrogens is 243 g/mol. The van der Waals surface area contributed by atoms with Gasteiger partial charge in [0.15, 0.2) is 0 Å². The van der Waals surface area contributed by atoms with E-state index < -0.39 is 27.9 Å². The molecule has 2 nitrogen and oxygen atoms in total. The summed E-state index contributed by atoms with van der Waals surface area (Å²) in [6, 6.07) is 0.645. The highest BCUT2D eigenvalue weighted by Gasteiger charge is 2.33. The minimum Gasteiger partial charge on any atom is -0.308 e. The van der Waals surface area contributed by atoms with E-state index in [4.69, 9.17) is 11.6 Å². The van der Waals surface area contributed by atoms with Crippen molar-refractivity contribution < 1.29 is 13.2 Å². The smallest absolute Gasteiger partial charge is 0.308 e. The van der Waals surface area contributed by atoms with Crippen LogP contribution in [0.5, 0.6) is 0 Å². The van der Waals surface area contributed by atoms with Gasteiger partial charge < -0.3 is 4.57 Å². The monoisotopic (exact) mass is 253 g/mol. The zero-order chi connectivity index (χ0) is 12.7. The first-order valence-corrected chi connectivity index (χ1v) is 4.91. The van der Waals surface area contributed by atoms with E-state index in [1.807, 2.05) is 0 Å². The average molecular weight is 254 g/mol. The van der Waals surface area contributed by atoms with E-state index >= 15 is 0 Å². The third-order valence-corrected chi connectivity index (χ3v) is 2.29. The molecule has 0 saturated heterocycles. The fraction of sp³-hybridized carbons (Fsp3) is 0.500. The molecule has 90 valence electrons. The number of hydrogen-bond acceptors (Lipinski definition) is 1. The zero-order valence-corrected chi connectivity index (χ0v) is 9.78. The van der Waals surface area contributed by atoms with Gasteiger partial charge in [-0.3, -0.25) is 4.79 Å². The standard InChI is InChI=1S/C10H11ClF3NO/c1-9(2,3)15-5-6(10(12,13)14)4-7(11)8(15)16/h4-5H,1-3H3. The van der Waals surface area contributed by atoms with Gasteiger partial charge in [-0.05, 0) is 26.8 Å². The van der Waals surface area contributed by atoms with Gasteiger partial charge in [0.2, 0.25) is 0 Å². The first-order chi connectivity index (χ1) is 7.03. The van der Waals surface area contributed by atoms with E-state index in [1.165, 1.54) is 0 Å². The minimum absolute atomic E-state index is 0.426. The molecule has 0 bridgehead atoms. The Kier molecular flexibility index (Phi) is 3.11. The van der Waals surface area contributed by atoms with Gasteiger partial charge >= 0.3 is 6.18 Å². The van der Waals surface area contributed by atoms with Crippen molar-refractivity contribution >= 4 is 11.6 Å². The van der Waals surface area contributed by atoms with Crippen molar-refractivity contribution in [1.29, 1.82) is 0 Å². The number of alkyl halides is 3. The van der Waals surface area contributed by atoms with Crippen molar-refractivity contribution in [1.82, 2.24) is 4.57 Å². The summed E-state index contributed by atoms with van der Waals surface area (Å²) in [5.41, 5.74) is -2.30. The predicted octanol–water partition coefficient (Wildman–Crippen LogP) is 3.28. The fourth-order valence-electron chi connectivity index (χ4n) is 1.20. The van der Waals surface area contributed by atoms with E-state index in [-0.39, 0.29) is 0 Å². The van der Waals surface area contributed by atoms with Crippen LogP contribution in [0.15, 0.2) is 17.1 Å². The number of nitrogens with zero attached hydrogens (tertiary/aromatic N) is 1. The molecule has 6 heteroatoms. The Morgan fingerprint density at radius 2 is 1.75 bits per heavy atom. The molecule has 0 amide bonds. The Hall–Kier alpha value is -0.970. The third kappa shape index (κ3) is 2.58. The van der Waals surface area contributed by atoms with Crippen LogP contribution in [0.2, 0.25) is 5.02 Å². The molecule has 1 rings (SSSR count). The molecule has 0 N–H and O–H groups in total. The van der Waals surface area contributed by atoms with Crippen molar-refractivity contribution in [2.24, 2.45) is 0 Å². The van der Waals surface area contributed by atoms with E-state index in [9.17, 15) is 18.0 Å². The summed E-state index contributed by atoms with van der Waals surface area (Å²) in [4.78, 5) is 11.6. The van der Waals surface area contributed by atoms with Crippen molar-refractivity contribution in [3.63, 3.8) is 0 Å². The predicted molar refractivity (Wildman–Crippen MR) is 55.7 cm³/mol. The lowest BCUT2D eigenvalue weighted by molar-refractivity contribution is -0.138. The number of rotatable bonds is 0. The summed E-state index contributed by atoms with van der Waals surface area (Å²) in [7, 11) is 0. The second-order valence-corrected chi connectivity index (χ2v) is 4.83. The van der Waals surface area contributed by atoms with Crippen molar-refractivity contribution in [2.45, 2.75) is 32.5 Å². The molecule has 0 radical (unpaired) electrons. The lowest BCUT2D eigenvalue weighted by Gasteiger charge is -2.23. The molecule has 16 heavy (non-hydrogen) atoms. The molecule has 0 aliphatic rings. The lowest BCUT2D eigenvalue weighted by atomic mass is 10.1. The molecule has 0 atom stereocenters. The van der Waals surface area contributed by atoms with Crippen LogP contribution in [0.4, 0.5) is 13.2 Å². The first kappa shape index (κ1) is 13.1. The Labute approximate surface area is 95.6 Å². The Morgan fingerprint density at radius 3 is 2.12 bits per heavy atom. The molecule has 1 aromatic rings. The van der Waals surface area contributed by atoms with Crippen LogP contribution in [-0.4, -0.2) is 4.57 Å². The van der Waals surface area contributed by atoms with Gasteiger partial charge in [0.1, 0.15) is 5.02 Å². The van der Waals surface area contributed by atoms with Gasteiger partial charge in [-0.1, -0.05) is 11.6 Å². The van der Waals surface area contributed by atoms with Crippen LogP contribution in [0.25, 0.3) is 0 Å². The maximum absolute atomic E-state index is 12.5. The number of aromatic nitrogens is 1. The quantitative estimate of drug-likeness (QED) is 0.696. The van der Waals surface area contributed by atoms with E-state index in [0.29, 0.717) is 6.07 Å². The van der Waals surface area contributed by atoms with Crippen LogP contribution in [-0.2, 0) is 11.7 Å². The number of hydrogen-bond donors (Lipinski definition) is 0. The first-order valence-electron chi connectivity index (χ1n) is 4.53. The second-order valence-electron chi connectivity index (χ2n) is 4.42. The summed E-state index contributed by atoms with van der Waals surface area (Å²) in [6.07, 6.45) is -3.72. The molecular formula is C10H11ClF3NO. The maximum Gasteiger partial charge on any atom is 0.417 e. The van der Waals surface area contributed by atoms with E-state index in [2.05, 4.69) is 0 Å². The van der Waals surface area contributed by atoms with Gasteiger partial charge in [-0.15, -0.1) is 0 Å². The highest BCUT2D eigenvalue weighted by molar-refractivity contribution is 6.30. The Balaban J connectivity index is 3.53. The Bertz CT molecular complexity index is 457. The molecule has 0 saturated carbocycles. The van der Waals surface area contributed by atoms with Gasteiger partial charge in [-0.25, -0.2) is 0 Å². The van der Waals surface area contributed by atoms with Crippen molar-refractivity contribution in [2.75, 3.05) is 0 Å². The highest BCUT2D eigenvalue weighted by atomic mass is 35.5. The third-order valence-electron chi connectivity index (χ3n) is 2.02. The highest BCUT2D eigenvalue weighted by Crippen LogP contribution is 2.30. The summed E-state index contributed by atoms with van der Waals surface area (Å²) in [5.74, 6) is 0. The summed E-state index contributed by atoms with van der Waals surface area (Å²) < 4.78 is 38.5. The number of pyridine rings is 1. The number of halogens is 4. The molecule has 0 aliphatic heterocycles. The summed E-state index contributed by atoms with van der Waals surface area (Å²) in [5, 5.41) is -0.426. The van der Waals surface area contributed by atoms with Crippen LogP contribution in [0.1, 0.15) is 26.3 Å². The van der Waals surface area contributed by atoms with Crippen LogP contribution < -0.4 is 5.56 Å². The Morgan fingerprint density at radius 1 is 1.25 bits per heavy atom. The fourth-order valence-corrected chi connectivity index (χ4v) is 1.41. The molecule has 0 spiro atoms. The lowest BCUT2D eigenvalue weighted by Crippen LogP contribution is -2.34. The molecule has 0 aromatic carbocycles. The SMILES string of the molecule is CC(C)(C)n1cc(C(F)(F)F)cc(Cl)c1=O. The molecule has 0 unspecified atom stereocenters. The van der Waals surface area contributed by atoms with Crippen molar-refractivity contribution in [3.05, 3.63) is 33.2 Å². The maximum atomic E-state index is 12.5. The molecule has 1 aromatic heterocycles. The molecule has 1 heterocycles. The van der Waals surface area contributed by atoms with Gasteiger partial charge in [0.05, 0.1) is 5.56 Å². The zero-order valence-electron chi connectivity index (χ0n) is 9.02. The normalized spacial score (nSPS) is 12.9. The van der Waals surface area contributed by atoms with Crippen LogP contribution >= 0.6 is 11.6 Å². The van der Waals surface area contributed by atoms with Crippen molar-refractivity contribution in [3.8, 4) is 0 Å².